The Morgan fingerprint density at radius 1 is 1.10 bits per heavy atom. The van der Waals surface area contributed by atoms with Crippen LogP contribution in [0.15, 0.2) is 30.3 Å². The molecule has 0 amide bonds. The van der Waals surface area contributed by atoms with Gasteiger partial charge >= 0.3 is 0 Å². The zero-order chi connectivity index (χ0) is 15.1. The number of hydrogen-bond donors (Lipinski definition) is 0. The molecule has 3 rings (SSSR count). The molecule has 0 radical (unpaired) electrons. The molecule has 2 aromatic heterocycles. The van der Waals surface area contributed by atoms with Gasteiger partial charge in [-0.25, -0.2) is 9.50 Å². The highest BCUT2D eigenvalue weighted by molar-refractivity contribution is 6.35. The first-order valence-electron chi connectivity index (χ1n) is 6.80. The molecule has 1 aromatic carbocycles. The maximum Gasteiger partial charge on any atom is 0.166 e. The molecule has 3 nitrogen and oxygen atoms in total. The first-order valence-corrected chi connectivity index (χ1v) is 7.56. The van der Waals surface area contributed by atoms with Gasteiger partial charge in [-0.05, 0) is 18.4 Å². The van der Waals surface area contributed by atoms with E-state index in [1.807, 2.05) is 51.1 Å². The van der Waals surface area contributed by atoms with Gasteiger partial charge in [0.2, 0.25) is 0 Å². The lowest BCUT2D eigenvalue weighted by atomic mass is 10.1. The topological polar surface area (TPSA) is 30.2 Å². The van der Waals surface area contributed by atoms with Crippen molar-refractivity contribution in [3.05, 3.63) is 51.9 Å². The van der Waals surface area contributed by atoms with E-state index in [4.69, 9.17) is 23.2 Å². The van der Waals surface area contributed by atoms with E-state index in [0.717, 1.165) is 22.4 Å². The van der Waals surface area contributed by atoms with Crippen LogP contribution in [0.2, 0.25) is 10.3 Å². The monoisotopic (exact) mass is 319 g/mol. The number of aromatic nitrogens is 3. The third-order valence-corrected chi connectivity index (χ3v) is 4.16. The van der Waals surface area contributed by atoms with Crippen LogP contribution in [0.1, 0.15) is 31.0 Å². The normalized spacial score (nSPS) is 11.5. The van der Waals surface area contributed by atoms with Gasteiger partial charge in [-0.15, -0.1) is 0 Å². The largest absolute Gasteiger partial charge is 0.216 e. The average Bonchev–Trinajstić information content (AvgIpc) is 2.76. The molecule has 2 heterocycles. The number of halogens is 2. The number of nitrogens with zero attached hydrogens (tertiary/aromatic N) is 3. The van der Waals surface area contributed by atoms with Crippen LogP contribution in [0.4, 0.5) is 0 Å². The third kappa shape index (κ3) is 2.30. The third-order valence-electron chi connectivity index (χ3n) is 3.51. The predicted octanol–water partition coefficient (Wildman–Crippen LogP) is 5.13. The van der Waals surface area contributed by atoms with Crippen LogP contribution in [0.3, 0.4) is 0 Å². The molecule has 0 unspecified atom stereocenters. The first-order chi connectivity index (χ1) is 10.0. The highest BCUT2D eigenvalue weighted by Crippen LogP contribution is 2.35. The zero-order valence-electron chi connectivity index (χ0n) is 12.1. The molecule has 0 fully saturated rings. The molecule has 0 aliphatic rings. The fourth-order valence-electron chi connectivity index (χ4n) is 2.53. The molecule has 108 valence electrons. The van der Waals surface area contributed by atoms with Gasteiger partial charge in [0.1, 0.15) is 10.3 Å². The molecule has 0 saturated carbocycles. The van der Waals surface area contributed by atoms with Crippen molar-refractivity contribution in [1.29, 1.82) is 0 Å². The summed E-state index contributed by atoms with van der Waals surface area (Å²) in [6, 6.07) is 10.0. The number of benzene rings is 1. The smallest absolute Gasteiger partial charge is 0.166 e. The zero-order valence-corrected chi connectivity index (χ0v) is 13.6. The van der Waals surface area contributed by atoms with E-state index in [9.17, 15) is 0 Å². The minimum absolute atomic E-state index is 0.187. The van der Waals surface area contributed by atoms with E-state index in [-0.39, 0.29) is 5.92 Å². The molecule has 0 aliphatic carbocycles. The molecule has 0 N–H and O–H groups in total. The summed E-state index contributed by atoms with van der Waals surface area (Å²) in [6.07, 6.45) is 0. The van der Waals surface area contributed by atoms with Gasteiger partial charge < -0.3 is 0 Å². The van der Waals surface area contributed by atoms with Crippen LogP contribution >= 0.6 is 23.2 Å². The van der Waals surface area contributed by atoms with Gasteiger partial charge in [0.05, 0.1) is 5.69 Å². The fourth-order valence-corrected chi connectivity index (χ4v) is 3.39. The molecule has 0 bridgehead atoms. The lowest BCUT2D eigenvalue weighted by Crippen LogP contribution is -2.01. The van der Waals surface area contributed by atoms with Crippen LogP contribution in [-0.4, -0.2) is 14.6 Å². The number of hydrogen-bond acceptors (Lipinski definition) is 2. The van der Waals surface area contributed by atoms with Crippen molar-refractivity contribution in [3.8, 4) is 11.1 Å². The second-order valence-electron chi connectivity index (χ2n) is 5.32. The first kappa shape index (κ1) is 14.4. The Hall–Kier alpha value is -1.58. The highest BCUT2D eigenvalue weighted by Gasteiger charge is 2.20. The summed E-state index contributed by atoms with van der Waals surface area (Å²) in [4.78, 5) is 4.54. The molecular formula is C16H15Cl2N3. The molecule has 0 aliphatic heterocycles. The molecule has 0 saturated heterocycles. The summed E-state index contributed by atoms with van der Waals surface area (Å²) in [5.74, 6) is 0.187. The minimum atomic E-state index is 0.187. The van der Waals surface area contributed by atoms with E-state index in [0.29, 0.717) is 16.0 Å². The average molecular weight is 320 g/mol. The summed E-state index contributed by atoms with van der Waals surface area (Å²) in [7, 11) is 0. The summed E-state index contributed by atoms with van der Waals surface area (Å²) in [5, 5.41) is 5.51. The van der Waals surface area contributed by atoms with Gasteiger partial charge in [0.25, 0.3) is 0 Å². The van der Waals surface area contributed by atoms with Crippen LogP contribution < -0.4 is 0 Å². The Labute approximate surface area is 133 Å². The Balaban J connectivity index is 2.37. The summed E-state index contributed by atoms with van der Waals surface area (Å²) in [6.45, 7) is 6.03. The van der Waals surface area contributed by atoms with Crippen LogP contribution in [0.25, 0.3) is 16.8 Å². The highest BCUT2D eigenvalue weighted by atomic mass is 35.5. The second kappa shape index (κ2) is 5.32. The van der Waals surface area contributed by atoms with E-state index < -0.39 is 0 Å². The Morgan fingerprint density at radius 2 is 1.76 bits per heavy atom. The lowest BCUT2D eigenvalue weighted by molar-refractivity contribution is 0.818. The van der Waals surface area contributed by atoms with Crippen molar-refractivity contribution in [1.82, 2.24) is 14.6 Å². The number of fused-ring (bicyclic) bond motifs is 1. The number of aryl methyl sites for hydroxylation is 1. The van der Waals surface area contributed by atoms with Gasteiger partial charge in [0.15, 0.2) is 5.65 Å². The Morgan fingerprint density at radius 3 is 2.38 bits per heavy atom. The maximum atomic E-state index is 6.49. The molecule has 5 heteroatoms. The van der Waals surface area contributed by atoms with Crippen LogP contribution in [-0.2, 0) is 0 Å². The Bertz CT molecular complexity index is 807. The molecular weight excluding hydrogens is 305 g/mol. The lowest BCUT2D eigenvalue weighted by Gasteiger charge is -2.11. The van der Waals surface area contributed by atoms with Gasteiger partial charge in [0, 0.05) is 11.1 Å². The summed E-state index contributed by atoms with van der Waals surface area (Å²) < 4.78 is 1.68. The van der Waals surface area contributed by atoms with E-state index in [1.54, 1.807) is 4.52 Å². The van der Waals surface area contributed by atoms with E-state index >= 15 is 0 Å². The summed E-state index contributed by atoms with van der Waals surface area (Å²) in [5.41, 5.74) is 4.43. The molecule has 21 heavy (non-hydrogen) atoms. The Kier molecular flexibility index (Phi) is 3.64. The quantitative estimate of drug-likeness (QED) is 0.612. The van der Waals surface area contributed by atoms with Crippen molar-refractivity contribution in [2.24, 2.45) is 0 Å². The summed E-state index contributed by atoms with van der Waals surface area (Å²) >= 11 is 12.8. The van der Waals surface area contributed by atoms with Crippen molar-refractivity contribution in [2.45, 2.75) is 26.7 Å². The van der Waals surface area contributed by atoms with Crippen molar-refractivity contribution < 1.29 is 0 Å². The predicted molar refractivity (Wildman–Crippen MR) is 87.3 cm³/mol. The molecule has 3 aromatic rings. The van der Waals surface area contributed by atoms with E-state index in [2.05, 4.69) is 10.1 Å². The van der Waals surface area contributed by atoms with Gasteiger partial charge in [-0.2, -0.15) is 5.10 Å². The standard InChI is InChI=1S/C16H15Cl2N3/c1-9(2)12-14(17)19-16-13(11-7-5-4-6-8-11)10(3)20-21(16)15(12)18/h4-9H,1-3H3. The maximum absolute atomic E-state index is 6.49. The number of rotatable bonds is 2. The van der Waals surface area contributed by atoms with Crippen LogP contribution in [0, 0.1) is 6.92 Å². The van der Waals surface area contributed by atoms with E-state index in [1.165, 1.54) is 0 Å². The van der Waals surface area contributed by atoms with Gasteiger partial charge in [-0.3, -0.25) is 0 Å². The van der Waals surface area contributed by atoms with Crippen molar-refractivity contribution >= 4 is 28.8 Å². The minimum Gasteiger partial charge on any atom is -0.216 e. The molecule has 0 atom stereocenters. The fraction of sp³-hybridized carbons (Fsp3) is 0.250. The SMILES string of the molecule is Cc1nn2c(Cl)c(C(C)C)c(Cl)nc2c1-c1ccccc1. The van der Waals surface area contributed by atoms with Crippen LogP contribution in [0.5, 0.6) is 0 Å². The van der Waals surface area contributed by atoms with Crippen molar-refractivity contribution in [3.63, 3.8) is 0 Å². The molecule has 0 spiro atoms. The second-order valence-corrected chi connectivity index (χ2v) is 6.04. The van der Waals surface area contributed by atoms with Crippen molar-refractivity contribution in [2.75, 3.05) is 0 Å². The van der Waals surface area contributed by atoms with Gasteiger partial charge in [-0.1, -0.05) is 67.4 Å².